The van der Waals surface area contributed by atoms with Crippen LogP contribution in [-0.4, -0.2) is 10.7 Å². The normalized spacial score (nSPS) is 10.9. The molecule has 86 valence electrons. The van der Waals surface area contributed by atoms with E-state index in [2.05, 4.69) is 12.6 Å². The monoisotopic (exact) mass is 245 g/mol. The lowest BCUT2D eigenvalue weighted by atomic mass is 10.1. The average molecular weight is 245 g/mol. The molecular weight excluding hydrogens is 236 g/mol. The Morgan fingerprint density at radius 2 is 2.00 bits per heavy atom. The molecule has 0 heterocycles. The number of nitro benzene ring substituents is 1. The lowest BCUT2D eigenvalue weighted by molar-refractivity contribution is -0.385. The molecule has 1 aromatic rings. The third-order valence-corrected chi connectivity index (χ3v) is 2.12. The number of rotatable bonds is 4. The molecular formula is C10H9F2NO2S. The summed E-state index contributed by atoms with van der Waals surface area (Å²) in [6.45, 7) is 0. The molecule has 0 aliphatic heterocycles. The third-order valence-electron chi connectivity index (χ3n) is 1.86. The predicted octanol–water partition coefficient (Wildman–Crippen LogP) is 3.21. The van der Waals surface area contributed by atoms with E-state index in [9.17, 15) is 18.9 Å². The molecule has 3 nitrogen and oxygen atoms in total. The first-order valence-corrected chi connectivity index (χ1v) is 5.10. The van der Waals surface area contributed by atoms with Crippen molar-refractivity contribution < 1.29 is 13.7 Å². The summed E-state index contributed by atoms with van der Waals surface area (Å²) >= 11 is 3.95. The van der Waals surface area contributed by atoms with Crippen LogP contribution in [-0.2, 0) is 0 Å². The van der Waals surface area contributed by atoms with Crippen LogP contribution in [0.4, 0.5) is 14.5 Å². The average Bonchev–Trinajstić information content (AvgIpc) is 2.23. The second kappa shape index (κ2) is 5.60. The van der Waals surface area contributed by atoms with Crippen LogP contribution in [0.3, 0.4) is 0 Å². The summed E-state index contributed by atoms with van der Waals surface area (Å²) in [6, 6.07) is 1.39. The predicted molar refractivity (Wildman–Crippen MR) is 60.5 cm³/mol. The Labute approximate surface area is 96.3 Å². The molecule has 0 spiro atoms. The Morgan fingerprint density at radius 3 is 2.56 bits per heavy atom. The fourth-order valence-corrected chi connectivity index (χ4v) is 1.28. The SMILES string of the molecule is O=[N+]([O-])c1cc(F)c(F)cc1C=CCCS. The van der Waals surface area contributed by atoms with Crippen molar-refractivity contribution >= 4 is 24.4 Å². The molecule has 1 rings (SSSR count). The molecule has 0 aliphatic rings. The van der Waals surface area contributed by atoms with Crippen molar-refractivity contribution in [3.05, 3.63) is 45.5 Å². The molecule has 0 atom stereocenters. The highest BCUT2D eigenvalue weighted by atomic mass is 32.1. The van der Waals surface area contributed by atoms with Crippen molar-refractivity contribution in [1.29, 1.82) is 0 Å². The molecule has 0 amide bonds. The Kier molecular flexibility index (Phi) is 4.42. The summed E-state index contributed by atoms with van der Waals surface area (Å²) in [5, 5.41) is 10.6. The summed E-state index contributed by atoms with van der Waals surface area (Å²) in [7, 11) is 0. The zero-order valence-corrected chi connectivity index (χ0v) is 9.08. The van der Waals surface area contributed by atoms with Crippen LogP contribution >= 0.6 is 12.6 Å². The minimum absolute atomic E-state index is 0.0469. The second-order valence-electron chi connectivity index (χ2n) is 3.00. The smallest absolute Gasteiger partial charge is 0.258 e. The third kappa shape index (κ3) is 3.03. The van der Waals surface area contributed by atoms with Crippen molar-refractivity contribution in [2.24, 2.45) is 0 Å². The number of nitro groups is 1. The topological polar surface area (TPSA) is 43.1 Å². The van der Waals surface area contributed by atoms with Crippen LogP contribution in [0.15, 0.2) is 18.2 Å². The van der Waals surface area contributed by atoms with Gasteiger partial charge in [0.15, 0.2) is 11.6 Å². The maximum absolute atomic E-state index is 12.9. The zero-order chi connectivity index (χ0) is 12.1. The van der Waals surface area contributed by atoms with Crippen LogP contribution in [0.5, 0.6) is 0 Å². The van der Waals surface area contributed by atoms with E-state index in [4.69, 9.17) is 0 Å². The van der Waals surface area contributed by atoms with E-state index in [0.29, 0.717) is 18.2 Å². The number of benzene rings is 1. The Bertz CT molecular complexity index is 435. The molecule has 0 bridgehead atoms. The number of thiol groups is 1. The van der Waals surface area contributed by atoms with E-state index in [1.54, 1.807) is 6.08 Å². The van der Waals surface area contributed by atoms with Gasteiger partial charge in [0, 0.05) is 0 Å². The second-order valence-corrected chi connectivity index (χ2v) is 3.44. The molecule has 0 fully saturated rings. The van der Waals surface area contributed by atoms with Crippen molar-refractivity contribution in [2.75, 3.05) is 5.75 Å². The van der Waals surface area contributed by atoms with E-state index in [1.807, 2.05) is 0 Å². The van der Waals surface area contributed by atoms with Gasteiger partial charge in [-0.3, -0.25) is 10.1 Å². The maximum Gasteiger partial charge on any atom is 0.279 e. The van der Waals surface area contributed by atoms with E-state index < -0.39 is 22.2 Å². The highest BCUT2D eigenvalue weighted by molar-refractivity contribution is 7.80. The first kappa shape index (κ1) is 12.6. The van der Waals surface area contributed by atoms with Crippen LogP contribution in [0.25, 0.3) is 6.08 Å². The highest BCUT2D eigenvalue weighted by Gasteiger charge is 2.16. The maximum atomic E-state index is 12.9. The van der Waals surface area contributed by atoms with Crippen molar-refractivity contribution in [1.82, 2.24) is 0 Å². The molecule has 1 aromatic carbocycles. The molecule has 0 aromatic heterocycles. The number of halogens is 2. The van der Waals surface area contributed by atoms with Gasteiger partial charge < -0.3 is 0 Å². The molecule has 0 radical (unpaired) electrons. The van der Waals surface area contributed by atoms with Crippen LogP contribution < -0.4 is 0 Å². The Balaban J connectivity index is 3.14. The molecule has 0 N–H and O–H groups in total. The molecule has 0 saturated carbocycles. The fraction of sp³-hybridized carbons (Fsp3) is 0.200. The molecule has 16 heavy (non-hydrogen) atoms. The van der Waals surface area contributed by atoms with Gasteiger partial charge in [0.05, 0.1) is 16.6 Å². The van der Waals surface area contributed by atoms with Crippen LogP contribution in [0, 0.1) is 21.7 Å². The van der Waals surface area contributed by atoms with Crippen molar-refractivity contribution in [2.45, 2.75) is 6.42 Å². The molecule has 0 unspecified atom stereocenters. The fourth-order valence-electron chi connectivity index (χ4n) is 1.13. The quantitative estimate of drug-likeness (QED) is 0.503. The van der Waals surface area contributed by atoms with Crippen LogP contribution in [0.2, 0.25) is 0 Å². The van der Waals surface area contributed by atoms with E-state index in [-0.39, 0.29) is 5.56 Å². The van der Waals surface area contributed by atoms with Gasteiger partial charge in [-0.1, -0.05) is 12.2 Å². The number of hydrogen-bond acceptors (Lipinski definition) is 3. The minimum atomic E-state index is -1.22. The van der Waals surface area contributed by atoms with Gasteiger partial charge in [0.1, 0.15) is 0 Å². The number of nitrogens with zero attached hydrogens (tertiary/aromatic N) is 1. The Morgan fingerprint density at radius 1 is 1.38 bits per heavy atom. The van der Waals surface area contributed by atoms with Gasteiger partial charge in [-0.05, 0) is 18.2 Å². The molecule has 0 aliphatic carbocycles. The van der Waals surface area contributed by atoms with E-state index in [0.717, 1.165) is 6.07 Å². The standard InChI is InChI=1S/C10H9F2NO2S/c11-8-5-7(3-1-2-4-16)10(13(14)15)6-9(8)12/h1,3,5-6,16H,2,4H2. The Hall–Kier alpha value is -1.43. The summed E-state index contributed by atoms with van der Waals surface area (Å²) in [6.07, 6.45) is 3.60. The van der Waals surface area contributed by atoms with Crippen molar-refractivity contribution in [3.8, 4) is 0 Å². The molecule has 6 heteroatoms. The summed E-state index contributed by atoms with van der Waals surface area (Å²) in [4.78, 5) is 9.84. The lowest BCUT2D eigenvalue weighted by Gasteiger charge is -1.99. The largest absolute Gasteiger partial charge is 0.279 e. The number of allylic oxidation sites excluding steroid dienone is 1. The van der Waals surface area contributed by atoms with Gasteiger partial charge >= 0.3 is 0 Å². The summed E-state index contributed by atoms with van der Waals surface area (Å²) in [5.41, 5.74) is -0.403. The highest BCUT2D eigenvalue weighted by Crippen LogP contribution is 2.23. The zero-order valence-electron chi connectivity index (χ0n) is 8.19. The first-order chi connectivity index (χ1) is 7.56. The van der Waals surface area contributed by atoms with Gasteiger partial charge in [-0.2, -0.15) is 12.6 Å². The summed E-state index contributed by atoms with van der Waals surface area (Å²) in [5.74, 6) is -1.75. The molecule has 0 saturated heterocycles. The summed E-state index contributed by atoms with van der Waals surface area (Å²) < 4.78 is 25.7. The lowest BCUT2D eigenvalue weighted by Crippen LogP contribution is -1.95. The van der Waals surface area contributed by atoms with E-state index >= 15 is 0 Å². The van der Waals surface area contributed by atoms with Gasteiger partial charge in [0.25, 0.3) is 5.69 Å². The van der Waals surface area contributed by atoms with Gasteiger partial charge in [-0.25, -0.2) is 8.78 Å². The number of hydrogen-bond donors (Lipinski definition) is 1. The van der Waals surface area contributed by atoms with Crippen LogP contribution in [0.1, 0.15) is 12.0 Å². The van der Waals surface area contributed by atoms with E-state index in [1.165, 1.54) is 6.08 Å². The van der Waals surface area contributed by atoms with Gasteiger partial charge in [-0.15, -0.1) is 0 Å². The minimum Gasteiger partial charge on any atom is -0.258 e. The van der Waals surface area contributed by atoms with Gasteiger partial charge in [0.2, 0.25) is 0 Å². The first-order valence-electron chi connectivity index (χ1n) is 4.47. The van der Waals surface area contributed by atoms with Crippen molar-refractivity contribution in [3.63, 3.8) is 0 Å².